The highest BCUT2D eigenvalue weighted by atomic mass is 16.3. The van der Waals surface area contributed by atoms with E-state index in [1.807, 2.05) is 0 Å². The molecular formula is C13H22N2O2. The Balaban J connectivity index is 1.84. The van der Waals surface area contributed by atoms with Gasteiger partial charge in [0.25, 0.3) is 0 Å². The summed E-state index contributed by atoms with van der Waals surface area (Å²) in [5, 5.41) is 8.82. The Kier molecular flexibility index (Phi) is 4.18. The van der Waals surface area contributed by atoms with Gasteiger partial charge in [0.2, 0.25) is 0 Å². The number of hydrogen-bond donors (Lipinski definition) is 1. The molecule has 2 rings (SSSR count). The van der Waals surface area contributed by atoms with E-state index in [2.05, 4.69) is 23.7 Å². The van der Waals surface area contributed by atoms with Crippen LogP contribution in [0.15, 0.2) is 10.7 Å². The van der Waals surface area contributed by atoms with Gasteiger partial charge in [0, 0.05) is 32.0 Å². The summed E-state index contributed by atoms with van der Waals surface area (Å²) < 4.78 is 5.43. The highest BCUT2D eigenvalue weighted by Gasteiger charge is 2.25. The van der Waals surface area contributed by atoms with Crippen LogP contribution in [-0.2, 0) is 12.8 Å². The maximum Gasteiger partial charge on any atom is 0.194 e. The maximum absolute atomic E-state index is 8.82. The van der Waals surface area contributed by atoms with Crippen LogP contribution < -0.4 is 0 Å². The number of aromatic nitrogens is 1. The number of rotatable bonds is 5. The molecule has 4 heteroatoms. The Hall–Kier alpha value is -0.870. The van der Waals surface area contributed by atoms with Crippen LogP contribution in [0.3, 0.4) is 0 Å². The fourth-order valence-electron chi connectivity index (χ4n) is 2.42. The van der Waals surface area contributed by atoms with Gasteiger partial charge in [-0.05, 0) is 32.7 Å². The van der Waals surface area contributed by atoms with Crippen LogP contribution in [0.1, 0.15) is 31.9 Å². The predicted octanol–water partition coefficient (Wildman–Crippen LogP) is 1.48. The summed E-state index contributed by atoms with van der Waals surface area (Å²) in [6.07, 6.45) is 4.41. The van der Waals surface area contributed by atoms with Crippen molar-refractivity contribution in [3.05, 3.63) is 17.8 Å². The predicted molar refractivity (Wildman–Crippen MR) is 65.8 cm³/mol. The summed E-state index contributed by atoms with van der Waals surface area (Å²) in [6.45, 7) is 6.96. The fraction of sp³-hybridized carbons (Fsp3) is 0.769. The van der Waals surface area contributed by atoms with Crippen LogP contribution in [0.5, 0.6) is 0 Å². The number of hydrogen-bond acceptors (Lipinski definition) is 4. The molecule has 0 bridgehead atoms. The lowest BCUT2D eigenvalue weighted by atomic mass is 10.1. The molecule has 1 unspecified atom stereocenters. The Labute approximate surface area is 103 Å². The zero-order valence-electron chi connectivity index (χ0n) is 10.7. The quantitative estimate of drug-likeness (QED) is 0.844. The average Bonchev–Trinajstić information content (AvgIpc) is 2.89. The number of aliphatic hydroxyl groups excluding tert-OH is 1. The standard InChI is InChI=1S/C13H22N2O2/c1-10(2)15-5-3-11(8-15)7-13-14-12(4-6-16)9-17-13/h9-11,16H,3-8H2,1-2H3. The number of aliphatic hydroxyl groups is 1. The van der Waals surface area contributed by atoms with Crippen LogP contribution in [0.4, 0.5) is 0 Å². The molecule has 1 saturated heterocycles. The minimum absolute atomic E-state index is 0.135. The molecule has 1 fully saturated rings. The summed E-state index contributed by atoms with van der Waals surface area (Å²) in [4.78, 5) is 6.89. The Morgan fingerprint density at radius 3 is 3.06 bits per heavy atom. The first-order valence-electron chi connectivity index (χ1n) is 6.47. The molecule has 1 N–H and O–H groups in total. The zero-order chi connectivity index (χ0) is 12.3. The molecule has 1 aromatic heterocycles. The zero-order valence-corrected chi connectivity index (χ0v) is 10.7. The highest BCUT2D eigenvalue weighted by Crippen LogP contribution is 2.22. The molecule has 1 aliphatic rings. The van der Waals surface area contributed by atoms with Crippen molar-refractivity contribution >= 4 is 0 Å². The van der Waals surface area contributed by atoms with Crippen molar-refractivity contribution in [2.45, 2.75) is 39.2 Å². The maximum atomic E-state index is 8.82. The van der Waals surface area contributed by atoms with Gasteiger partial charge >= 0.3 is 0 Å². The Morgan fingerprint density at radius 2 is 2.41 bits per heavy atom. The molecule has 4 nitrogen and oxygen atoms in total. The third-order valence-corrected chi connectivity index (χ3v) is 3.48. The van der Waals surface area contributed by atoms with Crippen molar-refractivity contribution in [2.24, 2.45) is 5.92 Å². The third kappa shape index (κ3) is 3.30. The van der Waals surface area contributed by atoms with Gasteiger partial charge in [-0.1, -0.05) is 0 Å². The van der Waals surface area contributed by atoms with Crippen LogP contribution >= 0.6 is 0 Å². The normalized spacial score (nSPS) is 21.5. The van der Waals surface area contributed by atoms with Gasteiger partial charge in [0.15, 0.2) is 5.89 Å². The first-order valence-corrected chi connectivity index (χ1v) is 6.47. The van der Waals surface area contributed by atoms with E-state index in [1.54, 1.807) is 6.26 Å². The lowest BCUT2D eigenvalue weighted by Crippen LogP contribution is -2.28. The summed E-state index contributed by atoms with van der Waals surface area (Å²) >= 11 is 0. The second kappa shape index (κ2) is 5.65. The van der Waals surface area contributed by atoms with Crippen LogP contribution in [0.2, 0.25) is 0 Å². The molecule has 96 valence electrons. The van der Waals surface area contributed by atoms with E-state index in [9.17, 15) is 0 Å². The van der Waals surface area contributed by atoms with Crippen molar-refractivity contribution in [2.75, 3.05) is 19.7 Å². The monoisotopic (exact) mass is 238 g/mol. The molecular weight excluding hydrogens is 216 g/mol. The number of likely N-dealkylation sites (tertiary alicyclic amines) is 1. The van der Waals surface area contributed by atoms with Gasteiger partial charge in [-0.3, -0.25) is 0 Å². The molecule has 0 aliphatic carbocycles. The van der Waals surface area contributed by atoms with E-state index < -0.39 is 0 Å². The second-order valence-corrected chi connectivity index (χ2v) is 5.15. The van der Waals surface area contributed by atoms with E-state index in [1.165, 1.54) is 13.0 Å². The molecule has 0 spiro atoms. The summed E-state index contributed by atoms with van der Waals surface area (Å²) in [5.41, 5.74) is 0.862. The van der Waals surface area contributed by atoms with E-state index >= 15 is 0 Å². The molecule has 0 amide bonds. The van der Waals surface area contributed by atoms with E-state index in [0.29, 0.717) is 18.4 Å². The molecule has 1 aromatic rings. The van der Waals surface area contributed by atoms with Gasteiger partial charge in [-0.25, -0.2) is 4.98 Å². The first kappa shape index (κ1) is 12.6. The Morgan fingerprint density at radius 1 is 1.59 bits per heavy atom. The average molecular weight is 238 g/mol. The minimum atomic E-state index is 0.135. The van der Waals surface area contributed by atoms with Crippen LogP contribution in [0, 0.1) is 5.92 Å². The fourth-order valence-corrected chi connectivity index (χ4v) is 2.42. The summed E-state index contributed by atoms with van der Waals surface area (Å²) in [7, 11) is 0. The molecule has 0 aromatic carbocycles. The lowest BCUT2D eigenvalue weighted by Gasteiger charge is -2.19. The van der Waals surface area contributed by atoms with Gasteiger partial charge < -0.3 is 14.4 Å². The van der Waals surface area contributed by atoms with E-state index in [-0.39, 0.29) is 6.61 Å². The van der Waals surface area contributed by atoms with Gasteiger partial charge in [-0.15, -0.1) is 0 Å². The molecule has 1 atom stereocenters. The van der Waals surface area contributed by atoms with Crippen molar-refractivity contribution in [1.29, 1.82) is 0 Å². The topological polar surface area (TPSA) is 49.5 Å². The molecule has 1 aliphatic heterocycles. The van der Waals surface area contributed by atoms with Crippen molar-refractivity contribution < 1.29 is 9.52 Å². The minimum Gasteiger partial charge on any atom is -0.449 e. The van der Waals surface area contributed by atoms with Gasteiger partial charge in [0.1, 0.15) is 6.26 Å². The third-order valence-electron chi connectivity index (χ3n) is 3.48. The van der Waals surface area contributed by atoms with Gasteiger partial charge in [0.05, 0.1) is 5.69 Å². The van der Waals surface area contributed by atoms with Crippen molar-refractivity contribution in [3.63, 3.8) is 0 Å². The lowest BCUT2D eigenvalue weighted by molar-refractivity contribution is 0.262. The summed E-state index contributed by atoms with van der Waals surface area (Å²) in [6, 6.07) is 0.634. The van der Waals surface area contributed by atoms with E-state index in [4.69, 9.17) is 9.52 Å². The second-order valence-electron chi connectivity index (χ2n) is 5.15. The molecule has 0 saturated carbocycles. The van der Waals surface area contributed by atoms with E-state index in [0.717, 1.165) is 24.6 Å². The summed E-state index contributed by atoms with van der Waals surface area (Å²) in [5.74, 6) is 1.49. The van der Waals surface area contributed by atoms with Crippen LogP contribution in [-0.4, -0.2) is 40.7 Å². The highest BCUT2D eigenvalue weighted by molar-refractivity contribution is 4.98. The SMILES string of the molecule is CC(C)N1CCC(Cc2nc(CCO)co2)C1. The van der Waals surface area contributed by atoms with Crippen molar-refractivity contribution in [1.82, 2.24) is 9.88 Å². The Bertz CT molecular complexity index is 349. The molecule has 2 heterocycles. The molecule has 0 radical (unpaired) electrons. The number of oxazole rings is 1. The molecule has 17 heavy (non-hydrogen) atoms. The van der Waals surface area contributed by atoms with Crippen molar-refractivity contribution in [3.8, 4) is 0 Å². The van der Waals surface area contributed by atoms with Gasteiger partial charge in [-0.2, -0.15) is 0 Å². The smallest absolute Gasteiger partial charge is 0.194 e. The largest absolute Gasteiger partial charge is 0.449 e. The van der Waals surface area contributed by atoms with Crippen LogP contribution in [0.25, 0.3) is 0 Å². The first-order chi connectivity index (χ1) is 8.19. The number of nitrogens with zero attached hydrogens (tertiary/aromatic N) is 2.